The molecule has 238 valence electrons. The van der Waals surface area contributed by atoms with Crippen LogP contribution in [-0.4, -0.2) is 98.9 Å². The number of rotatable bonds is 7. The number of fused-ring (bicyclic) bond motifs is 5. The van der Waals surface area contributed by atoms with Crippen LogP contribution in [0.15, 0.2) is 54.6 Å². The zero-order chi connectivity index (χ0) is 31.4. The molecule has 2 unspecified atom stereocenters. The maximum Gasteiger partial charge on any atom is 0.323 e. The summed E-state index contributed by atoms with van der Waals surface area (Å²) in [4.78, 5) is 40.6. The lowest BCUT2D eigenvalue weighted by atomic mass is 9.95. The third-order valence-corrected chi connectivity index (χ3v) is 10.5. The predicted molar refractivity (Wildman–Crippen MR) is 174 cm³/mol. The number of amides is 2. The van der Waals surface area contributed by atoms with Gasteiger partial charge in [-0.1, -0.05) is 30.3 Å². The van der Waals surface area contributed by atoms with Crippen LogP contribution in [0.1, 0.15) is 38.5 Å². The normalized spacial score (nSPS) is 22.0. The molecule has 3 N–H and O–H groups in total. The molecule has 11 nitrogen and oxygen atoms in total. The van der Waals surface area contributed by atoms with Crippen molar-refractivity contribution in [3.05, 3.63) is 54.6 Å². The Kier molecular flexibility index (Phi) is 7.08. The molecule has 2 bridgehead atoms. The van der Waals surface area contributed by atoms with Crippen molar-refractivity contribution in [2.45, 2.75) is 56.1 Å². The molecule has 3 aromatic carbocycles. The molecule has 0 spiro atoms. The number of carboxylic acid groups (broad SMARTS) is 1. The van der Waals surface area contributed by atoms with Gasteiger partial charge in [0.25, 0.3) is 0 Å². The highest BCUT2D eigenvalue weighted by atomic mass is 16.5. The summed E-state index contributed by atoms with van der Waals surface area (Å²) < 4.78 is 6.49. The van der Waals surface area contributed by atoms with Crippen LogP contribution in [0.4, 0.5) is 10.6 Å². The van der Waals surface area contributed by atoms with Crippen LogP contribution >= 0.6 is 0 Å². The van der Waals surface area contributed by atoms with E-state index in [1.165, 1.54) is 12.8 Å². The molecule has 2 atom stereocenters. The Labute approximate surface area is 266 Å². The number of anilines is 1. The van der Waals surface area contributed by atoms with E-state index in [0.717, 1.165) is 77.4 Å². The monoisotopic (exact) mass is 622 g/mol. The van der Waals surface area contributed by atoms with Gasteiger partial charge in [0.15, 0.2) is 0 Å². The molecular weight excluding hydrogens is 584 g/mol. The molecule has 4 fully saturated rings. The van der Waals surface area contributed by atoms with Crippen molar-refractivity contribution in [2.75, 3.05) is 44.2 Å². The highest BCUT2D eigenvalue weighted by molar-refractivity contribution is 6.01. The zero-order valence-corrected chi connectivity index (χ0v) is 25.7. The van der Waals surface area contributed by atoms with Gasteiger partial charge in [0.05, 0.1) is 23.1 Å². The summed E-state index contributed by atoms with van der Waals surface area (Å²) in [5.74, 6) is -0.0730. The number of benzene rings is 3. The van der Waals surface area contributed by atoms with Crippen LogP contribution in [0.2, 0.25) is 0 Å². The van der Waals surface area contributed by atoms with Crippen molar-refractivity contribution < 1.29 is 24.5 Å². The third-order valence-electron chi connectivity index (χ3n) is 10.5. The van der Waals surface area contributed by atoms with E-state index in [1.54, 1.807) is 12.1 Å². The molecule has 0 saturated carbocycles. The lowest BCUT2D eigenvalue weighted by Gasteiger charge is -2.41. The molecule has 0 radical (unpaired) electrons. The fourth-order valence-corrected chi connectivity index (χ4v) is 8.41. The van der Waals surface area contributed by atoms with Gasteiger partial charge in [-0.25, -0.2) is 4.79 Å². The standard InChI is InChI=1S/C35H38N6O5/c42-26-15-22-5-1-2-6-27(22)29(17-26)23-7-10-28-30(16-23)37-33(46-21-35-11-3-13-40(35)14-4-12-35)38-32(28)39-19-24-8-9-25(20-39)41(24)34(45)36-18-31(43)44/h1-2,5-7,10,15-17,24-25,42H,3-4,8-9,11-14,18-21H2,(H,36,45)(H,43,44). The lowest BCUT2D eigenvalue weighted by Crippen LogP contribution is -2.58. The lowest BCUT2D eigenvalue weighted by molar-refractivity contribution is -0.135. The third kappa shape index (κ3) is 5.02. The Morgan fingerprint density at radius 1 is 0.957 bits per heavy atom. The van der Waals surface area contributed by atoms with E-state index in [0.29, 0.717) is 25.7 Å². The summed E-state index contributed by atoms with van der Waals surface area (Å²) >= 11 is 0. The number of aliphatic carboxylic acids is 1. The van der Waals surface area contributed by atoms with Gasteiger partial charge in [-0.15, -0.1) is 0 Å². The Balaban J connectivity index is 1.16. The Hall–Kier alpha value is -4.64. The van der Waals surface area contributed by atoms with E-state index in [4.69, 9.17) is 19.8 Å². The van der Waals surface area contributed by atoms with Crippen LogP contribution in [0.25, 0.3) is 32.8 Å². The number of piperazine rings is 1. The van der Waals surface area contributed by atoms with Gasteiger partial charge in [-0.2, -0.15) is 9.97 Å². The first-order chi connectivity index (χ1) is 22.4. The summed E-state index contributed by atoms with van der Waals surface area (Å²) in [6.07, 6.45) is 6.31. The smallest absolute Gasteiger partial charge is 0.323 e. The second kappa shape index (κ2) is 11.3. The van der Waals surface area contributed by atoms with Crippen molar-refractivity contribution in [3.63, 3.8) is 0 Å². The minimum Gasteiger partial charge on any atom is -0.508 e. The molecule has 2 amide bonds. The van der Waals surface area contributed by atoms with Crippen LogP contribution in [-0.2, 0) is 4.79 Å². The molecule has 4 saturated heterocycles. The van der Waals surface area contributed by atoms with Crippen molar-refractivity contribution >= 4 is 39.5 Å². The molecule has 4 aromatic rings. The summed E-state index contributed by atoms with van der Waals surface area (Å²) in [6.45, 7) is 3.55. The Morgan fingerprint density at radius 2 is 1.72 bits per heavy atom. The van der Waals surface area contributed by atoms with Gasteiger partial charge in [0, 0.05) is 18.5 Å². The molecule has 0 aliphatic carbocycles. The second-order valence-corrected chi connectivity index (χ2v) is 13.2. The number of aromatic nitrogens is 2. The van der Waals surface area contributed by atoms with Gasteiger partial charge in [-0.3, -0.25) is 9.69 Å². The van der Waals surface area contributed by atoms with E-state index < -0.39 is 12.5 Å². The first-order valence-corrected chi connectivity index (χ1v) is 16.3. The summed E-state index contributed by atoms with van der Waals surface area (Å²) in [5.41, 5.74) is 2.66. The number of ether oxygens (including phenoxy) is 1. The van der Waals surface area contributed by atoms with Gasteiger partial charge in [-0.05, 0) is 97.8 Å². The van der Waals surface area contributed by atoms with Gasteiger partial charge < -0.3 is 30.1 Å². The van der Waals surface area contributed by atoms with E-state index in [9.17, 15) is 14.7 Å². The molecule has 46 heavy (non-hydrogen) atoms. The molecule has 8 rings (SSSR count). The molecule has 5 heterocycles. The van der Waals surface area contributed by atoms with E-state index >= 15 is 0 Å². The first kappa shape index (κ1) is 28.8. The summed E-state index contributed by atoms with van der Waals surface area (Å²) in [6, 6.07) is 17.7. The number of carbonyl (C=O) groups is 2. The highest BCUT2D eigenvalue weighted by Gasteiger charge is 2.46. The van der Waals surface area contributed by atoms with Crippen LogP contribution in [0, 0.1) is 0 Å². The number of phenolic OH excluding ortho intramolecular Hbond substituents is 1. The summed E-state index contributed by atoms with van der Waals surface area (Å²) in [7, 11) is 0. The van der Waals surface area contributed by atoms with Crippen LogP contribution in [0.5, 0.6) is 11.8 Å². The molecular formula is C35H38N6O5. The number of carboxylic acids is 1. The Morgan fingerprint density at radius 3 is 2.48 bits per heavy atom. The average molecular weight is 623 g/mol. The van der Waals surface area contributed by atoms with Gasteiger partial charge in [0.1, 0.15) is 24.7 Å². The number of hydrogen-bond donors (Lipinski definition) is 3. The number of urea groups is 1. The SMILES string of the molecule is O=C(O)CNC(=O)N1C2CCC1CN(c1nc(OCC34CCCN3CCC4)nc3cc(-c4cc(O)cc5ccccc45)ccc13)C2. The van der Waals surface area contributed by atoms with Crippen molar-refractivity contribution in [3.8, 4) is 22.9 Å². The highest BCUT2D eigenvalue weighted by Crippen LogP contribution is 2.41. The number of hydrogen-bond acceptors (Lipinski definition) is 8. The van der Waals surface area contributed by atoms with Crippen molar-refractivity contribution in [1.82, 2.24) is 25.1 Å². The predicted octanol–water partition coefficient (Wildman–Crippen LogP) is 4.61. The number of carbonyl (C=O) groups excluding carboxylic acids is 1. The number of phenols is 1. The molecule has 1 aromatic heterocycles. The quantitative estimate of drug-likeness (QED) is 0.270. The molecule has 4 aliphatic heterocycles. The minimum atomic E-state index is -1.06. The maximum absolute atomic E-state index is 12.9. The van der Waals surface area contributed by atoms with E-state index in [1.807, 2.05) is 29.2 Å². The first-order valence-electron chi connectivity index (χ1n) is 16.3. The van der Waals surface area contributed by atoms with Crippen LogP contribution < -0.4 is 15.0 Å². The van der Waals surface area contributed by atoms with E-state index in [-0.39, 0.29) is 29.4 Å². The Bertz CT molecular complexity index is 1820. The number of aromatic hydroxyl groups is 1. The van der Waals surface area contributed by atoms with Gasteiger partial charge >= 0.3 is 18.0 Å². The summed E-state index contributed by atoms with van der Waals surface area (Å²) in [5, 5.41) is 25.1. The van der Waals surface area contributed by atoms with Crippen molar-refractivity contribution in [1.29, 1.82) is 0 Å². The average Bonchev–Trinajstić information content (AvgIpc) is 3.72. The zero-order valence-electron chi connectivity index (χ0n) is 25.7. The minimum absolute atomic E-state index is 0.0505. The van der Waals surface area contributed by atoms with E-state index in [2.05, 4.69) is 33.3 Å². The second-order valence-electron chi connectivity index (χ2n) is 13.2. The topological polar surface area (TPSA) is 131 Å². The maximum atomic E-state index is 12.9. The fourth-order valence-electron chi connectivity index (χ4n) is 8.41. The van der Waals surface area contributed by atoms with Crippen LogP contribution in [0.3, 0.4) is 0 Å². The molecule has 4 aliphatic rings. The fraction of sp³-hybridized carbons (Fsp3) is 0.429. The largest absolute Gasteiger partial charge is 0.508 e. The van der Waals surface area contributed by atoms with Crippen molar-refractivity contribution in [2.24, 2.45) is 0 Å². The van der Waals surface area contributed by atoms with Gasteiger partial charge in [0.2, 0.25) is 0 Å². The number of nitrogens with zero attached hydrogens (tertiary/aromatic N) is 5. The number of nitrogens with one attached hydrogen (secondary N) is 1. The molecule has 11 heteroatoms.